The van der Waals surface area contributed by atoms with Crippen molar-refractivity contribution in [2.45, 2.75) is 25.7 Å². The molecule has 156 valence electrons. The second-order valence-electron chi connectivity index (χ2n) is 6.36. The quantitative estimate of drug-likeness (QED) is 0.575. The van der Waals surface area contributed by atoms with Crippen molar-refractivity contribution in [1.29, 1.82) is 0 Å². The van der Waals surface area contributed by atoms with Crippen LogP contribution in [-0.4, -0.2) is 45.3 Å². The highest BCUT2D eigenvalue weighted by Gasteiger charge is 2.18. The lowest BCUT2D eigenvalue weighted by atomic mass is 9.97. The molecule has 0 fully saturated rings. The number of carboxylic acid groups (broad SMARTS) is 1. The molecule has 0 heterocycles. The van der Waals surface area contributed by atoms with Crippen molar-refractivity contribution in [3.63, 3.8) is 0 Å². The highest BCUT2D eigenvalue weighted by molar-refractivity contribution is 5.99. The standard InChI is InChI=1S/C22H26O7/c1-26-16-8-5-14(19(12-16)27-2)6-9-18(23)17-11-15(7-10-22(24)25)20(28-3)13-21(17)29-4/h5,8,11-13H,6-7,9-10H2,1-4H3,(H,24,25). The minimum atomic E-state index is -0.914. The number of carboxylic acids is 1. The Morgan fingerprint density at radius 1 is 0.759 bits per heavy atom. The van der Waals surface area contributed by atoms with Crippen molar-refractivity contribution in [1.82, 2.24) is 0 Å². The predicted molar refractivity (Wildman–Crippen MR) is 108 cm³/mol. The lowest BCUT2D eigenvalue weighted by Gasteiger charge is -2.15. The van der Waals surface area contributed by atoms with Gasteiger partial charge in [-0.25, -0.2) is 0 Å². The third kappa shape index (κ3) is 5.63. The number of aliphatic carboxylic acids is 1. The number of rotatable bonds is 11. The van der Waals surface area contributed by atoms with E-state index in [1.807, 2.05) is 12.1 Å². The van der Waals surface area contributed by atoms with Gasteiger partial charge in [0.05, 0.1) is 34.0 Å². The van der Waals surface area contributed by atoms with Crippen molar-refractivity contribution in [2.24, 2.45) is 0 Å². The number of benzene rings is 2. The molecule has 0 aliphatic heterocycles. The summed E-state index contributed by atoms with van der Waals surface area (Å²) >= 11 is 0. The third-order valence-corrected chi connectivity index (χ3v) is 4.63. The topological polar surface area (TPSA) is 91.3 Å². The van der Waals surface area contributed by atoms with Crippen molar-refractivity contribution in [3.8, 4) is 23.0 Å². The highest BCUT2D eigenvalue weighted by atomic mass is 16.5. The lowest BCUT2D eigenvalue weighted by Crippen LogP contribution is -2.07. The lowest BCUT2D eigenvalue weighted by molar-refractivity contribution is -0.136. The summed E-state index contributed by atoms with van der Waals surface area (Å²) in [7, 11) is 6.13. The molecule has 0 spiro atoms. The SMILES string of the molecule is COc1ccc(CCC(=O)c2cc(CCC(=O)O)c(OC)cc2OC)c(OC)c1. The summed E-state index contributed by atoms with van der Waals surface area (Å²) < 4.78 is 21.3. The molecule has 7 nitrogen and oxygen atoms in total. The van der Waals surface area contributed by atoms with E-state index in [1.54, 1.807) is 32.4 Å². The van der Waals surface area contributed by atoms with E-state index in [1.165, 1.54) is 14.2 Å². The molecule has 1 N–H and O–H groups in total. The molecule has 2 aromatic carbocycles. The van der Waals surface area contributed by atoms with Crippen molar-refractivity contribution in [2.75, 3.05) is 28.4 Å². The Labute approximate surface area is 170 Å². The molecular weight excluding hydrogens is 376 g/mol. The molecule has 29 heavy (non-hydrogen) atoms. The maximum Gasteiger partial charge on any atom is 0.303 e. The molecule has 7 heteroatoms. The van der Waals surface area contributed by atoms with Crippen LogP contribution >= 0.6 is 0 Å². The van der Waals surface area contributed by atoms with Crippen LogP contribution in [0.5, 0.6) is 23.0 Å². The van der Waals surface area contributed by atoms with Gasteiger partial charge in [0.2, 0.25) is 0 Å². The summed E-state index contributed by atoms with van der Waals surface area (Å²) in [5.74, 6) is 1.20. The summed E-state index contributed by atoms with van der Waals surface area (Å²) in [6.45, 7) is 0. The van der Waals surface area contributed by atoms with Gasteiger partial charge in [-0.1, -0.05) is 6.07 Å². The van der Waals surface area contributed by atoms with Crippen LogP contribution in [0.4, 0.5) is 0 Å². The summed E-state index contributed by atoms with van der Waals surface area (Å²) in [4.78, 5) is 23.8. The molecule has 0 atom stereocenters. The van der Waals surface area contributed by atoms with Crippen LogP contribution in [0.15, 0.2) is 30.3 Å². The van der Waals surface area contributed by atoms with E-state index in [4.69, 9.17) is 24.1 Å². The predicted octanol–water partition coefficient (Wildman–Crippen LogP) is 3.55. The summed E-state index contributed by atoms with van der Waals surface area (Å²) in [5.41, 5.74) is 1.95. The van der Waals surface area contributed by atoms with Gasteiger partial charge in [0.15, 0.2) is 5.78 Å². The average molecular weight is 402 g/mol. The van der Waals surface area contributed by atoms with Crippen LogP contribution in [0, 0.1) is 0 Å². The van der Waals surface area contributed by atoms with E-state index in [9.17, 15) is 9.59 Å². The first kappa shape index (κ1) is 22.1. The molecule has 2 aromatic rings. The van der Waals surface area contributed by atoms with E-state index in [0.29, 0.717) is 40.5 Å². The van der Waals surface area contributed by atoms with Gasteiger partial charge in [-0.15, -0.1) is 0 Å². The second-order valence-corrected chi connectivity index (χ2v) is 6.36. The van der Waals surface area contributed by atoms with Gasteiger partial charge in [0.1, 0.15) is 23.0 Å². The van der Waals surface area contributed by atoms with Gasteiger partial charge in [0, 0.05) is 25.0 Å². The number of ether oxygens (including phenoxy) is 4. The first-order chi connectivity index (χ1) is 13.9. The zero-order chi connectivity index (χ0) is 21.4. The van der Waals surface area contributed by atoms with Crippen LogP contribution in [0.25, 0.3) is 0 Å². The van der Waals surface area contributed by atoms with E-state index >= 15 is 0 Å². The van der Waals surface area contributed by atoms with Gasteiger partial charge in [-0.3, -0.25) is 9.59 Å². The van der Waals surface area contributed by atoms with E-state index in [2.05, 4.69) is 0 Å². The average Bonchev–Trinajstić information content (AvgIpc) is 2.74. The van der Waals surface area contributed by atoms with E-state index < -0.39 is 5.97 Å². The molecular formula is C22H26O7. The first-order valence-corrected chi connectivity index (χ1v) is 9.14. The Bertz CT molecular complexity index is 874. The molecule has 0 bridgehead atoms. The molecule has 0 aliphatic rings. The van der Waals surface area contributed by atoms with Crippen LogP contribution in [0.3, 0.4) is 0 Å². The number of aryl methyl sites for hydroxylation is 2. The largest absolute Gasteiger partial charge is 0.497 e. The van der Waals surface area contributed by atoms with Gasteiger partial charge in [-0.2, -0.15) is 0 Å². The Kier molecular flexibility index (Phi) is 7.88. The summed E-state index contributed by atoms with van der Waals surface area (Å²) in [6.07, 6.45) is 0.920. The fourth-order valence-electron chi connectivity index (χ4n) is 3.06. The number of ketones is 1. The van der Waals surface area contributed by atoms with E-state index in [-0.39, 0.29) is 25.0 Å². The third-order valence-electron chi connectivity index (χ3n) is 4.63. The molecule has 2 rings (SSSR count). The van der Waals surface area contributed by atoms with Crippen LogP contribution in [0.1, 0.15) is 34.3 Å². The zero-order valence-corrected chi connectivity index (χ0v) is 17.1. The smallest absolute Gasteiger partial charge is 0.303 e. The number of hydrogen-bond acceptors (Lipinski definition) is 6. The highest BCUT2D eigenvalue weighted by Crippen LogP contribution is 2.32. The van der Waals surface area contributed by atoms with Crippen molar-refractivity contribution in [3.05, 3.63) is 47.0 Å². The van der Waals surface area contributed by atoms with E-state index in [0.717, 1.165) is 5.56 Å². The fourth-order valence-corrected chi connectivity index (χ4v) is 3.06. The van der Waals surface area contributed by atoms with Crippen LogP contribution < -0.4 is 18.9 Å². The van der Waals surface area contributed by atoms with Gasteiger partial charge < -0.3 is 24.1 Å². The minimum Gasteiger partial charge on any atom is -0.497 e. The zero-order valence-electron chi connectivity index (χ0n) is 17.1. The first-order valence-electron chi connectivity index (χ1n) is 9.14. The fraction of sp³-hybridized carbons (Fsp3) is 0.364. The summed E-state index contributed by atoms with van der Waals surface area (Å²) in [6, 6.07) is 8.75. The Morgan fingerprint density at radius 2 is 1.38 bits per heavy atom. The molecule has 0 radical (unpaired) electrons. The molecule has 0 amide bonds. The maximum atomic E-state index is 12.9. The van der Waals surface area contributed by atoms with Gasteiger partial charge in [-0.05, 0) is 36.1 Å². The maximum absolute atomic E-state index is 12.9. The molecule has 0 unspecified atom stereocenters. The molecule has 0 saturated heterocycles. The van der Waals surface area contributed by atoms with Crippen molar-refractivity contribution >= 4 is 11.8 Å². The van der Waals surface area contributed by atoms with Crippen LogP contribution in [-0.2, 0) is 17.6 Å². The Balaban J connectivity index is 2.25. The second kappa shape index (κ2) is 10.4. The molecule has 0 aliphatic carbocycles. The van der Waals surface area contributed by atoms with Gasteiger partial charge >= 0.3 is 5.97 Å². The van der Waals surface area contributed by atoms with Crippen LogP contribution in [0.2, 0.25) is 0 Å². The Morgan fingerprint density at radius 3 is 1.97 bits per heavy atom. The Hall–Kier alpha value is -3.22. The van der Waals surface area contributed by atoms with Crippen molar-refractivity contribution < 1.29 is 33.6 Å². The number of Topliss-reactive ketones (excluding diaryl/α,β-unsaturated/α-hetero) is 1. The number of carbonyl (C=O) groups excluding carboxylic acids is 1. The molecule has 0 aromatic heterocycles. The number of methoxy groups -OCH3 is 4. The minimum absolute atomic E-state index is 0.0562. The number of carbonyl (C=O) groups is 2. The normalized spacial score (nSPS) is 10.3. The molecule has 0 saturated carbocycles. The monoisotopic (exact) mass is 402 g/mol. The van der Waals surface area contributed by atoms with Gasteiger partial charge in [0.25, 0.3) is 0 Å². The number of hydrogen-bond donors (Lipinski definition) is 1. The summed E-state index contributed by atoms with van der Waals surface area (Å²) in [5, 5.41) is 8.96.